The highest BCUT2D eigenvalue weighted by molar-refractivity contribution is 7.09. The molecule has 0 bridgehead atoms. The maximum atomic E-state index is 4.57. The van der Waals surface area contributed by atoms with Crippen LogP contribution in [0, 0.1) is 20.8 Å². The molecular weight excluding hydrogens is 242 g/mol. The van der Waals surface area contributed by atoms with Crippen molar-refractivity contribution in [1.82, 2.24) is 15.3 Å². The van der Waals surface area contributed by atoms with E-state index in [1.165, 1.54) is 11.1 Å². The van der Waals surface area contributed by atoms with Crippen LogP contribution >= 0.6 is 11.3 Å². The molecule has 0 aliphatic rings. The summed E-state index contributed by atoms with van der Waals surface area (Å²) in [4.78, 5) is 9.09. The fraction of sp³-hybridized carbons (Fsp3) is 0.429. The Morgan fingerprint density at radius 2 is 2.11 bits per heavy atom. The fourth-order valence-electron chi connectivity index (χ4n) is 2.14. The van der Waals surface area contributed by atoms with Crippen LogP contribution in [0.25, 0.3) is 0 Å². The molecule has 1 N–H and O–H groups in total. The summed E-state index contributed by atoms with van der Waals surface area (Å²) in [7, 11) is 1.98. The van der Waals surface area contributed by atoms with Crippen LogP contribution in [0.4, 0.5) is 0 Å². The van der Waals surface area contributed by atoms with E-state index in [0.29, 0.717) is 0 Å². The van der Waals surface area contributed by atoms with E-state index < -0.39 is 0 Å². The molecule has 1 unspecified atom stereocenters. The summed E-state index contributed by atoms with van der Waals surface area (Å²) >= 11 is 1.70. The van der Waals surface area contributed by atoms with E-state index in [-0.39, 0.29) is 6.04 Å². The third-order valence-corrected chi connectivity index (χ3v) is 3.84. The number of nitrogens with one attached hydrogen (secondary N) is 1. The first-order valence-corrected chi connectivity index (χ1v) is 6.99. The molecule has 2 heterocycles. The van der Waals surface area contributed by atoms with Gasteiger partial charge in [-0.05, 0) is 38.9 Å². The van der Waals surface area contributed by atoms with Crippen LogP contribution < -0.4 is 5.32 Å². The van der Waals surface area contributed by atoms with Gasteiger partial charge in [0, 0.05) is 18.0 Å². The van der Waals surface area contributed by atoms with E-state index in [0.717, 1.165) is 22.8 Å². The van der Waals surface area contributed by atoms with Crippen LogP contribution in [0.15, 0.2) is 17.6 Å². The second-order valence-corrected chi connectivity index (χ2v) is 5.68. The zero-order valence-corrected chi connectivity index (χ0v) is 12.1. The van der Waals surface area contributed by atoms with Gasteiger partial charge in [-0.2, -0.15) is 0 Å². The predicted molar refractivity (Wildman–Crippen MR) is 76.1 cm³/mol. The van der Waals surface area contributed by atoms with Crippen molar-refractivity contribution in [3.63, 3.8) is 0 Å². The molecule has 3 nitrogen and oxygen atoms in total. The van der Waals surface area contributed by atoms with E-state index in [4.69, 9.17) is 0 Å². The molecule has 1 atom stereocenters. The smallest absolute Gasteiger partial charge is 0.0897 e. The average Bonchev–Trinajstić information content (AvgIpc) is 2.72. The number of nitrogens with zero attached hydrogens (tertiary/aromatic N) is 2. The summed E-state index contributed by atoms with van der Waals surface area (Å²) in [5.41, 5.74) is 4.70. The largest absolute Gasteiger partial charge is 0.311 e. The number of hydrogen-bond acceptors (Lipinski definition) is 4. The molecule has 0 spiro atoms. The van der Waals surface area contributed by atoms with Crippen LogP contribution in [-0.4, -0.2) is 17.0 Å². The van der Waals surface area contributed by atoms with Crippen LogP contribution in [0.1, 0.15) is 33.6 Å². The summed E-state index contributed by atoms with van der Waals surface area (Å²) in [5.74, 6) is 0. The van der Waals surface area contributed by atoms with Gasteiger partial charge in [0.2, 0.25) is 0 Å². The lowest BCUT2D eigenvalue weighted by atomic mass is 10.0. The number of rotatable bonds is 4. The molecule has 0 radical (unpaired) electrons. The van der Waals surface area contributed by atoms with Gasteiger partial charge in [-0.1, -0.05) is 6.07 Å². The molecule has 0 aliphatic carbocycles. The maximum absolute atomic E-state index is 4.57. The zero-order valence-electron chi connectivity index (χ0n) is 11.3. The van der Waals surface area contributed by atoms with E-state index in [2.05, 4.69) is 40.6 Å². The lowest BCUT2D eigenvalue weighted by Gasteiger charge is -2.17. The van der Waals surface area contributed by atoms with E-state index in [1.54, 1.807) is 11.3 Å². The minimum absolute atomic E-state index is 0.229. The maximum Gasteiger partial charge on any atom is 0.0897 e. The first kappa shape index (κ1) is 13.2. The van der Waals surface area contributed by atoms with Crippen LogP contribution in [0.5, 0.6) is 0 Å². The number of hydrogen-bond donors (Lipinski definition) is 1. The zero-order chi connectivity index (χ0) is 13.1. The second-order valence-electron chi connectivity index (χ2n) is 4.62. The Balaban J connectivity index is 2.22. The van der Waals surface area contributed by atoms with Gasteiger partial charge in [0.15, 0.2) is 0 Å². The first-order valence-electron chi connectivity index (χ1n) is 6.11. The van der Waals surface area contributed by atoms with Gasteiger partial charge in [0.1, 0.15) is 0 Å². The van der Waals surface area contributed by atoms with Gasteiger partial charge in [-0.15, -0.1) is 11.3 Å². The SMILES string of the molecule is CNC(Cc1csc(C)n1)c1ncc(C)cc1C. The molecule has 0 saturated heterocycles. The molecule has 4 heteroatoms. The van der Waals surface area contributed by atoms with E-state index >= 15 is 0 Å². The number of likely N-dealkylation sites (N-methyl/N-ethyl adjacent to an activating group) is 1. The van der Waals surface area contributed by atoms with Crippen molar-refractivity contribution in [2.75, 3.05) is 7.05 Å². The average molecular weight is 261 g/mol. The highest BCUT2D eigenvalue weighted by atomic mass is 32.1. The molecular formula is C14H19N3S. The summed E-state index contributed by atoms with van der Waals surface area (Å²) in [5, 5.41) is 6.59. The summed E-state index contributed by atoms with van der Waals surface area (Å²) in [6.07, 6.45) is 2.82. The van der Waals surface area contributed by atoms with Crippen molar-refractivity contribution in [3.05, 3.63) is 45.2 Å². The molecule has 2 rings (SSSR count). The Bertz CT molecular complexity index is 534. The Labute approximate surface area is 112 Å². The molecule has 0 amide bonds. The second kappa shape index (κ2) is 5.59. The molecule has 0 aliphatic heterocycles. The van der Waals surface area contributed by atoms with Crippen molar-refractivity contribution >= 4 is 11.3 Å². The minimum Gasteiger partial charge on any atom is -0.311 e. The van der Waals surface area contributed by atoms with Crippen molar-refractivity contribution in [2.45, 2.75) is 33.2 Å². The summed E-state index contributed by atoms with van der Waals surface area (Å²) < 4.78 is 0. The molecule has 2 aromatic rings. The quantitative estimate of drug-likeness (QED) is 0.919. The monoisotopic (exact) mass is 261 g/mol. The summed E-state index contributed by atoms with van der Waals surface area (Å²) in [6, 6.07) is 2.41. The number of thiazole rings is 1. The van der Waals surface area contributed by atoms with Crippen LogP contribution in [0.2, 0.25) is 0 Å². The molecule has 2 aromatic heterocycles. The van der Waals surface area contributed by atoms with Crippen molar-refractivity contribution < 1.29 is 0 Å². The predicted octanol–water partition coefficient (Wildman–Crippen LogP) is 2.97. The van der Waals surface area contributed by atoms with Crippen LogP contribution in [-0.2, 0) is 6.42 Å². The van der Waals surface area contributed by atoms with Crippen molar-refractivity contribution in [2.24, 2.45) is 0 Å². The highest BCUT2D eigenvalue weighted by Gasteiger charge is 2.15. The molecule has 0 saturated carbocycles. The molecule has 0 aromatic carbocycles. The van der Waals surface area contributed by atoms with E-state index in [1.807, 2.05) is 20.2 Å². The van der Waals surface area contributed by atoms with Gasteiger partial charge in [0.25, 0.3) is 0 Å². The Morgan fingerprint density at radius 3 is 2.67 bits per heavy atom. The fourth-order valence-corrected chi connectivity index (χ4v) is 2.76. The third kappa shape index (κ3) is 2.94. The van der Waals surface area contributed by atoms with Crippen LogP contribution in [0.3, 0.4) is 0 Å². The van der Waals surface area contributed by atoms with Gasteiger partial charge < -0.3 is 5.32 Å². The van der Waals surface area contributed by atoms with Crippen molar-refractivity contribution in [3.8, 4) is 0 Å². The molecule has 18 heavy (non-hydrogen) atoms. The summed E-state index contributed by atoms with van der Waals surface area (Å²) in [6.45, 7) is 6.23. The number of aryl methyl sites for hydroxylation is 3. The molecule has 0 fully saturated rings. The lowest BCUT2D eigenvalue weighted by molar-refractivity contribution is 0.566. The standard InChI is InChI=1S/C14H19N3S/c1-9-5-10(2)14(16-7-9)13(15-4)6-12-8-18-11(3)17-12/h5,7-8,13,15H,6H2,1-4H3. The first-order chi connectivity index (χ1) is 8.60. The minimum atomic E-state index is 0.229. The lowest BCUT2D eigenvalue weighted by Crippen LogP contribution is -2.21. The number of pyridine rings is 1. The van der Waals surface area contributed by atoms with E-state index in [9.17, 15) is 0 Å². The normalized spacial score (nSPS) is 12.7. The highest BCUT2D eigenvalue weighted by Crippen LogP contribution is 2.21. The number of aromatic nitrogens is 2. The van der Waals surface area contributed by atoms with Gasteiger partial charge in [-0.3, -0.25) is 4.98 Å². The topological polar surface area (TPSA) is 37.8 Å². The third-order valence-electron chi connectivity index (χ3n) is 3.01. The van der Waals surface area contributed by atoms with Gasteiger partial charge >= 0.3 is 0 Å². The Kier molecular flexibility index (Phi) is 4.09. The Morgan fingerprint density at radius 1 is 1.33 bits per heavy atom. The Hall–Kier alpha value is -1.26. The van der Waals surface area contributed by atoms with Crippen molar-refractivity contribution in [1.29, 1.82) is 0 Å². The van der Waals surface area contributed by atoms with Gasteiger partial charge in [0.05, 0.1) is 22.4 Å². The van der Waals surface area contributed by atoms with Gasteiger partial charge in [-0.25, -0.2) is 4.98 Å². The molecule has 96 valence electrons.